The van der Waals surface area contributed by atoms with Crippen LogP contribution < -0.4 is 5.32 Å². The average Bonchev–Trinajstić information content (AvgIpc) is 3.10. The van der Waals surface area contributed by atoms with Crippen molar-refractivity contribution >= 4 is 0 Å². The molecule has 0 aromatic rings. The molecule has 2 rings (SSSR count). The zero-order valence-corrected chi connectivity index (χ0v) is 11.8. The number of hydrogen-bond donors (Lipinski definition) is 1. The van der Waals surface area contributed by atoms with Gasteiger partial charge in [-0.3, -0.25) is 4.90 Å². The van der Waals surface area contributed by atoms with Gasteiger partial charge in [0, 0.05) is 38.3 Å². The van der Waals surface area contributed by atoms with Crippen LogP contribution >= 0.6 is 0 Å². The number of rotatable bonds is 5. The van der Waals surface area contributed by atoms with E-state index in [4.69, 9.17) is 4.74 Å². The fourth-order valence-electron chi connectivity index (χ4n) is 3.03. The zero-order valence-electron chi connectivity index (χ0n) is 11.8. The Morgan fingerprint density at radius 3 is 2.59 bits per heavy atom. The summed E-state index contributed by atoms with van der Waals surface area (Å²) < 4.78 is 5.42. The molecule has 2 aliphatic rings. The van der Waals surface area contributed by atoms with Gasteiger partial charge in [-0.05, 0) is 31.6 Å². The minimum atomic E-state index is 0.568. The molecule has 17 heavy (non-hydrogen) atoms. The van der Waals surface area contributed by atoms with Crippen LogP contribution in [0.3, 0.4) is 0 Å². The van der Waals surface area contributed by atoms with E-state index in [1.165, 1.54) is 19.4 Å². The van der Waals surface area contributed by atoms with Gasteiger partial charge >= 0.3 is 0 Å². The molecule has 3 heteroatoms. The topological polar surface area (TPSA) is 24.5 Å². The molecular formula is C14H28N2O. The Morgan fingerprint density at radius 2 is 2.06 bits per heavy atom. The highest BCUT2D eigenvalue weighted by Gasteiger charge is 2.38. The van der Waals surface area contributed by atoms with E-state index in [0.29, 0.717) is 18.0 Å². The van der Waals surface area contributed by atoms with Gasteiger partial charge in [-0.25, -0.2) is 0 Å². The van der Waals surface area contributed by atoms with Crippen molar-refractivity contribution in [2.75, 3.05) is 26.8 Å². The van der Waals surface area contributed by atoms with Crippen LogP contribution in [0.5, 0.6) is 0 Å². The SMILES string of the molecule is COCC(C(C)C)N1CC(C2CC2)NCC1C. The summed E-state index contributed by atoms with van der Waals surface area (Å²) in [5.74, 6) is 1.61. The number of piperazine rings is 1. The van der Waals surface area contributed by atoms with Gasteiger partial charge in [0.2, 0.25) is 0 Å². The molecule has 3 nitrogen and oxygen atoms in total. The summed E-state index contributed by atoms with van der Waals surface area (Å²) in [6, 6.07) is 1.93. The molecule has 0 aromatic heterocycles. The van der Waals surface area contributed by atoms with Crippen LogP contribution in [0.4, 0.5) is 0 Å². The van der Waals surface area contributed by atoms with Gasteiger partial charge in [0.1, 0.15) is 0 Å². The van der Waals surface area contributed by atoms with Crippen molar-refractivity contribution in [3.05, 3.63) is 0 Å². The van der Waals surface area contributed by atoms with Crippen LogP contribution in [0.25, 0.3) is 0 Å². The molecule has 100 valence electrons. The summed E-state index contributed by atoms with van der Waals surface area (Å²) in [6.07, 6.45) is 2.85. The normalized spacial score (nSPS) is 33.0. The summed E-state index contributed by atoms with van der Waals surface area (Å²) in [5.41, 5.74) is 0. The molecule has 1 aliphatic heterocycles. The molecule has 1 saturated carbocycles. The van der Waals surface area contributed by atoms with Gasteiger partial charge in [-0.15, -0.1) is 0 Å². The van der Waals surface area contributed by atoms with Crippen molar-refractivity contribution < 1.29 is 4.74 Å². The van der Waals surface area contributed by atoms with Crippen LogP contribution in [0.15, 0.2) is 0 Å². The van der Waals surface area contributed by atoms with Crippen molar-refractivity contribution in [1.29, 1.82) is 0 Å². The largest absolute Gasteiger partial charge is 0.383 e. The van der Waals surface area contributed by atoms with E-state index in [1.807, 2.05) is 7.11 Å². The first kappa shape index (κ1) is 13.3. The molecule has 1 aliphatic carbocycles. The predicted molar refractivity (Wildman–Crippen MR) is 71.2 cm³/mol. The summed E-state index contributed by atoms with van der Waals surface area (Å²) >= 11 is 0. The number of nitrogens with one attached hydrogen (secondary N) is 1. The standard InChI is InChI=1S/C14H28N2O/c1-10(2)14(9-17-4)16-8-13(12-5-6-12)15-7-11(16)3/h10-15H,5-9H2,1-4H3. The Labute approximate surface area is 106 Å². The quantitative estimate of drug-likeness (QED) is 0.792. The maximum absolute atomic E-state index is 5.42. The van der Waals surface area contributed by atoms with Crippen molar-refractivity contribution in [3.8, 4) is 0 Å². The first-order chi connectivity index (χ1) is 8.13. The van der Waals surface area contributed by atoms with Gasteiger partial charge < -0.3 is 10.1 Å². The van der Waals surface area contributed by atoms with Crippen LogP contribution in [0.2, 0.25) is 0 Å². The number of hydrogen-bond acceptors (Lipinski definition) is 3. The minimum Gasteiger partial charge on any atom is -0.383 e. The lowest BCUT2D eigenvalue weighted by atomic mass is 9.97. The number of nitrogens with zero attached hydrogens (tertiary/aromatic N) is 1. The van der Waals surface area contributed by atoms with E-state index < -0.39 is 0 Å². The third kappa shape index (κ3) is 3.21. The minimum absolute atomic E-state index is 0.568. The van der Waals surface area contributed by atoms with Crippen LogP contribution in [0, 0.1) is 11.8 Å². The maximum atomic E-state index is 5.42. The van der Waals surface area contributed by atoms with E-state index in [1.54, 1.807) is 0 Å². The summed E-state index contributed by atoms with van der Waals surface area (Å²) in [6.45, 7) is 10.2. The summed E-state index contributed by atoms with van der Waals surface area (Å²) in [5, 5.41) is 3.71. The fourth-order valence-corrected chi connectivity index (χ4v) is 3.03. The monoisotopic (exact) mass is 240 g/mol. The molecule has 0 bridgehead atoms. The Bertz CT molecular complexity index is 240. The van der Waals surface area contributed by atoms with Gasteiger partial charge in [0.25, 0.3) is 0 Å². The summed E-state index contributed by atoms with van der Waals surface area (Å²) in [7, 11) is 1.82. The third-order valence-corrected chi connectivity index (χ3v) is 4.37. The fraction of sp³-hybridized carbons (Fsp3) is 1.00. The molecule has 3 unspecified atom stereocenters. The van der Waals surface area contributed by atoms with E-state index in [9.17, 15) is 0 Å². The van der Waals surface area contributed by atoms with E-state index in [2.05, 4.69) is 31.0 Å². The molecule has 0 radical (unpaired) electrons. The smallest absolute Gasteiger partial charge is 0.0620 e. The van der Waals surface area contributed by atoms with Crippen LogP contribution in [0.1, 0.15) is 33.6 Å². The number of ether oxygens (including phenoxy) is 1. The molecule has 1 saturated heterocycles. The number of methoxy groups -OCH3 is 1. The van der Waals surface area contributed by atoms with E-state index in [0.717, 1.165) is 25.1 Å². The Morgan fingerprint density at radius 1 is 1.35 bits per heavy atom. The van der Waals surface area contributed by atoms with Crippen molar-refractivity contribution in [1.82, 2.24) is 10.2 Å². The predicted octanol–water partition coefficient (Wildman–Crippen LogP) is 1.73. The second-order valence-electron chi connectivity index (χ2n) is 6.16. The first-order valence-corrected chi connectivity index (χ1v) is 7.11. The molecule has 1 heterocycles. The average molecular weight is 240 g/mol. The third-order valence-electron chi connectivity index (χ3n) is 4.37. The Balaban J connectivity index is 1.98. The lowest BCUT2D eigenvalue weighted by Gasteiger charge is -2.45. The lowest BCUT2D eigenvalue weighted by Crippen LogP contribution is -2.61. The van der Waals surface area contributed by atoms with Gasteiger partial charge in [-0.1, -0.05) is 13.8 Å². The lowest BCUT2D eigenvalue weighted by molar-refractivity contribution is 0.0150. The molecular weight excluding hydrogens is 212 g/mol. The molecule has 0 aromatic carbocycles. The maximum Gasteiger partial charge on any atom is 0.0620 e. The second-order valence-corrected chi connectivity index (χ2v) is 6.16. The van der Waals surface area contributed by atoms with E-state index in [-0.39, 0.29) is 0 Å². The highest BCUT2D eigenvalue weighted by molar-refractivity contribution is 4.95. The Kier molecular flexibility index (Phi) is 4.45. The van der Waals surface area contributed by atoms with Gasteiger partial charge in [-0.2, -0.15) is 0 Å². The highest BCUT2D eigenvalue weighted by atomic mass is 16.5. The van der Waals surface area contributed by atoms with Gasteiger partial charge in [0.15, 0.2) is 0 Å². The highest BCUT2D eigenvalue weighted by Crippen LogP contribution is 2.35. The van der Waals surface area contributed by atoms with Crippen molar-refractivity contribution in [3.63, 3.8) is 0 Å². The molecule has 2 fully saturated rings. The first-order valence-electron chi connectivity index (χ1n) is 7.11. The summed E-state index contributed by atoms with van der Waals surface area (Å²) in [4.78, 5) is 2.67. The van der Waals surface area contributed by atoms with Gasteiger partial charge in [0.05, 0.1) is 6.61 Å². The molecule has 1 N–H and O–H groups in total. The molecule has 0 amide bonds. The molecule has 0 spiro atoms. The molecule has 3 atom stereocenters. The zero-order chi connectivity index (χ0) is 12.4. The second kappa shape index (κ2) is 5.68. The van der Waals surface area contributed by atoms with E-state index >= 15 is 0 Å². The van der Waals surface area contributed by atoms with Crippen molar-refractivity contribution in [2.45, 2.75) is 51.7 Å². The van der Waals surface area contributed by atoms with Crippen molar-refractivity contribution in [2.24, 2.45) is 11.8 Å². The van der Waals surface area contributed by atoms with Crippen LogP contribution in [-0.4, -0.2) is 49.8 Å². The van der Waals surface area contributed by atoms with Crippen LogP contribution in [-0.2, 0) is 4.74 Å². The Hall–Kier alpha value is -0.120.